The first kappa shape index (κ1) is 14.0. The highest BCUT2D eigenvalue weighted by molar-refractivity contribution is 7.11. The summed E-state index contributed by atoms with van der Waals surface area (Å²) < 4.78 is 0. The average Bonchev–Trinajstić information content (AvgIpc) is 2.75. The van der Waals surface area contributed by atoms with E-state index in [1.54, 1.807) is 0 Å². The number of piperidine rings is 1. The number of nitrogens with one attached hydrogen (secondary N) is 1. The van der Waals surface area contributed by atoms with Crippen molar-refractivity contribution in [3.05, 3.63) is 16.1 Å². The molecule has 1 N–H and O–H groups in total. The third-order valence-corrected chi connectivity index (χ3v) is 5.09. The third kappa shape index (κ3) is 3.11. The fourth-order valence-corrected chi connectivity index (χ4v) is 3.71. The zero-order chi connectivity index (χ0) is 13.1. The Labute approximate surface area is 115 Å². The summed E-state index contributed by atoms with van der Waals surface area (Å²) in [5.41, 5.74) is 0. The molecule has 3 unspecified atom stereocenters. The molecule has 1 fully saturated rings. The molecule has 102 valence electrons. The largest absolute Gasteiger partial charge is 0.314 e. The SMILES string of the molecule is CCNC1CCN(Cc2cnc(C)s2)C(C)C1C. The Balaban J connectivity index is 1.95. The van der Waals surface area contributed by atoms with E-state index in [1.165, 1.54) is 22.9 Å². The van der Waals surface area contributed by atoms with E-state index in [0.717, 1.165) is 13.1 Å². The van der Waals surface area contributed by atoms with Crippen LogP contribution in [0.4, 0.5) is 0 Å². The van der Waals surface area contributed by atoms with Crippen LogP contribution >= 0.6 is 11.3 Å². The van der Waals surface area contributed by atoms with Crippen molar-refractivity contribution < 1.29 is 0 Å². The first-order valence-electron chi connectivity index (χ1n) is 7.00. The van der Waals surface area contributed by atoms with E-state index in [0.29, 0.717) is 18.0 Å². The van der Waals surface area contributed by atoms with E-state index in [-0.39, 0.29) is 0 Å². The second kappa shape index (κ2) is 6.13. The van der Waals surface area contributed by atoms with Crippen molar-refractivity contribution in [3.63, 3.8) is 0 Å². The summed E-state index contributed by atoms with van der Waals surface area (Å²) in [5.74, 6) is 0.715. The molecule has 3 atom stereocenters. The maximum Gasteiger partial charge on any atom is 0.0897 e. The van der Waals surface area contributed by atoms with Crippen molar-refractivity contribution in [2.24, 2.45) is 5.92 Å². The second-order valence-corrected chi connectivity index (χ2v) is 6.69. The molecule has 2 rings (SSSR count). The number of likely N-dealkylation sites (tertiary alicyclic amines) is 1. The predicted molar refractivity (Wildman–Crippen MR) is 78.0 cm³/mol. The highest BCUT2D eigenvalue weighted by Crippen LogP contribution is 2.26. The van der Waals surface area contributed by atoms with Crippen LogP contribution in [0.25, 0.3) is 0 Å². The molecule has 0 saturated carbocycles. The molecule has 18 heavy (non-hydrogen) atoms. The third-order valence-electron chi connectivity index (χ3n) is 4.19. The summed E-state index contributed by atoms with van der Waals surface area (Å²) in [6, 6.07) is 1.33. The minimum Gasteiger partial charge on any atom is -0.314 e. The van der Waals surface area contributed by atoms with Gasteiger partial charge in [0.15, 0.2) is 0 Å². The minimum atomic E-state index is 0.644. The highest BCUT2D eigenvalue weighted by Gasteiger charge is 2.31. The zero-order valence-electron chi connectivity index (χ0n) is 11.9. The lowest BCUT2D eigenvalue weighted by Gasteiger charge is -2.42. The van der Waals surface area contributed by atoms with Crippen molar-refractivity contribution in [3.8, 4) is 0 Å². The van der Waals surface area contributed by atoms with Gasteiger partial charge in [0, 0.05) is 36.2 Å². The Morgan fingerprint density at radius 1 is 1.50 bits per heavy atom. The van der Waals surface area contributed by atoms with Crippen LogP contribution in [0.3, 0.4) is 0 Å². The number of aryl methyl sites for hydroxylation is 1. The average molecular weight is 267 g/mol. The van der Waals surface area contributed by atoms with E-state index < -0.39 is 0 Å². The van der Waals surface area contributed by atoms with Gasteiger partial charge in [0.25, 0.3) is 0 Å². The molecule has 4 heteroatoms. The molecule has 1 saturated heterocycles. The van der Waals surface area contributed by atoms with E-state index in [2.05, 4.69) is 42.9 Å². The molecule has 2 heterocycles. The maximum atomic E-state index is 4.35. The Morgan fingerprint density at radius 3 is 2.89 bits per heavy atom. The van der Waals surface area contributed by atoms with Crippen molar-refractivity contribution >= 4 is 11.3 Å². The molecule has 1 aromatic heterocycles. The molecule has 0 bridgehead atoms. The number of aromatic nitrogens is 1. The molecular weight excluding hydrogens is 242 g/mol. The Morgan fingerprint density at radius 2 is 2.28 bits per heavy atom. The lowest BCUT2D eigenvalue weighted by atomic mass is 9.87. The van der Waals surface area contributed by atoms with Gasteiger partial charge in [0.2, 0.25) is 0 Å². The Hall–Kier alpha value is -0.450. The Bertz CT molecular complexity index is 377. The lowest BCUT2D eigenvalue weighted by molar-refractivity contribution is 0.0799. The van der Waals surface area contributed by atoms with Crippen LogP contribution in [-0.2, 0) is 6.54 Å². The molecule has 0 spiro atoms. The van der Waals surface area contributed by atoms with Crippen LogP contribution in [0.2, 0.25) is 0 Å². The number of thiazole rings is 1. The van der Waals surface area contributed by atoms with Gasteiger partial charge in [-0.1, -0.05) is 13.8 Å². The summed E-state index contributed by atoms with van der Waals surface area (Å²) in [5, 5.41) is 4.79. The van der Waals surface area contributed by atoms with Crippen LogP contribution in [0.5, 0.6) is 0 Å². The summed E-state index contributed by atoms with van der Waals surface area (Å²) >= 11 is 1.83. The van der Waals surface area contributed by atoms with Crippen LogP contribution < -0.4 is 5.32 Å². The van der Waals surface area contributed by atoms with E-state index >= 15 is 0 Å². The smallest absolute Gasteiger partial charge is 0.0897 e. The lowest BCUT2D eigenvalue weighted by Crippen LogP contribution is -2.52. The van der Waals surface area contributed by atoms with Gasteiger partial charge in [-0.05, 0) is 32.7 Å². The van der Waals surface area contributed by atoms with E-state index in [9.17, 15) is 0 Å². The number of nitrogens with zero attached hydrogens (tertiary/aromatic N) is 2. The fraction of sp³-hybridized carbons (Fsp3) is 0.786. The van der Waals surface area contributed by atoms with Gasteiger partial charge < -0.3 is 5.32 Å². The number of hydrogen-bond acceptors (Lipinski definition) is 4. The van der Waals surface area contributed by atoms with Crippen LogP contribution in [0.15, 0.2) is 6.20 Å². The number of hydrogen-bond donors (Lipinski definition) is 1. The van der Waals surface area contributed by atoms with Crippen molar-refractivity contribution in [1.82, 2.24) is 15.2 Å². The van der Waals surface area contributed by atoms with Gasteiger partial charge in [-0.15, -0.1) is 11.3 Å². The van der Waals surface area contributed by atoms with Crippen LogP contribution in [0, 0.1) is 12.8 Å². The molecule has 1 aliphatic rings. The fourth-order valence-electron chi connectivity index (χ4n) is 2.89. The van der Waals surface area contributed by atoms with E-state index in [4.69, 9.17) is 0 Å². The summed E-state index contributed by atoms with van der Waals surface area (Å²) in [4.78, 5) is 8.35. The predicted octanol–water partition coefficient (Wildman–Crippen LogP) is 2.66. The molecule has 0 aliphatic carbocycles. The quantitative estimate of drug-likeness (QED) is 0.909. The first-order valence-corrected chi connectivity index (χ1v) is 7.82. The van der Waals surface area contributed by atoms with Gasteiger partial charge in [-0.25, -0.2) is 4.98 Å². The normalized spacial score (nSPS) is 29.7. The highest BCUT2D eigenvalue weighted by atomic mass is 32.1. The minimum absolute atomic E-state index is 0.644. The van der Waals surface area contributed by atoms with Gasteiger partial charge in [-0.3, -0.25) is 4.90 Å². The monoisotopic (exact) mass is 267 g/mol. The molecule has 0 radical (unpaired) electrons. The second-order valence-electron chi connectivity index (χ2n) is 5.37. The first-order chi connectivity index (χ1) is 8.61. The van der Waals surface area contributed by atoms with Crippen LogP contribution in [-0.4, -0.2) is 35.1 Å². The van der Waals surface area contributed by atoms with Gasteiger partial charge in [-0.2, -0.15) is 0 Å². The molecule has 3 nitrogen and oxygen atoms in total. The van der Waals surface area contributed by atoms with Gasteiger partial charge in [0.05, 0.1) is 5.01 Å². The Kier molecular flexibility index (Phi) is 4.76. The van der Waals surface area contributed by atoms with Gasteiger partial charge in [0.1, 0.15) is 0 Å². The van der Waals surface area contributed by atoms with E-state index in [1.807, 2.05) is 17.5 Å². The molecule has 0 amide bonds. The van der Waals surface area contributed by atoms with Crippen molar-refractivity contribution in [2.75, 3.05) is 13.1 Å². The summed E-state index contributed by atoms with van der Waals surface area (Å²) in [6.45, 7) is 12.4. The summed E-state index contributed by atoms with van der Waals surface area (Å²) in [6.07, 6.45) is 3.30. The zero-order valence-corrected chi connectivity index (χ0v) is 12.8. The topological polar surface area (TPSA) is 28.2 Å². The van der Waals surface area contributed by atoms with Crippen molar-refractivity contribution in [2.45, 2.75) is 52.7 Å². The van der Waals surface area contributed by atoms with Crippen molar-refractivity contribution in [1.29, 1.82) is 0 Å². The number of rotatable bonds is 4. The molecule has 1 aromatic rings. The summed E-state index contributed by atoms with van der Waals surface area (Å²) in [7, 11) is 0. The maximum absolute atomic E-state index is 4.35. The molecule has 1 aliphatic heterocycles. The standard InChI is InChI=1S/C14H25N3S/c1-5-15-14-6-7-17(11(3)10(14)2)9-13-8-16-12(4)18-13/h8,10-11,14-15H,5-7,9H2,1-4H3. The van der Waals surface area contributed by atoms with Crippen LogP contribution in [0.1, 0.15) is 37.1 Å². The van der Waals surface area contributed by atoms with Gasteiger partial charge >= 0.3 is 0 Å². The molecular formula is C14H25N3S. The molecule has 0 aromatic carbocycles.